The quantitative estimate of drug-likeness (QED) is 0.890. The van der Waals surface area contributed by atoms with E-state index in [1.54, 1.807) is 0 Å². The van der Waals surface area contributed by atoms with E-state index in [4.69, 9.17) is 13.9 Å². The van der Waals surface area contributed by atoms with Crippen LogP contribution >= 0.6 is 0 Å². The molecule has 2 unspecified atom stereocenters. The number of hydrogen-bond acceptors (Lipinski definition) is 5. The van der Waals surface area contributed by atoms with Crippen molar-refractivity contribution in [1.82, 2.24) is 10.2 Å². The summed E-state index contributed by atoms with van der Waals surface area (Å²) in [6, 6.07) is 4.11. The van der Waals surface area contributed by atoms with Crippen LogP contribution in [-0.4, -0.2) is 49.7 Å². The number of benzene rings is 1. The number of nitrogens with zero attached hydrogens (tertiary/aromatic N) is 1. The highest BCUT2D eigenvalue weighted by Crippen LogP contribution is 2.40. The summed E-state index contributed by atoms with van der Waals surface area (Å²) in [7, 11) is 0. The van der Waals surface area contributed by atoms with Gasteiger partial charge in [-0.3, -0.25) is 4.79 Å². The zero-order chi connectivity index (χ0) is 18.3. The first kappa shape index (κ1) is 17.2. The van der Waals surface area contributed by atoms with Crippen LogP contribution in [-0.2, 0) is 0 Å². The van der Waals surface area contributed by atoms with E-state index >= 15 is 0 Å². The highest BCUT2D eigenvalue weighted by atomic mass is 16.5. The third kappa shape index (κ3) is 2.63. The summed E-state index contributed by atoms with van der Waals surface area (Å²) in [5, 5.41) is 4.29. The standard InChI is InChI=1S/C20H26N2O4/c1-4-24-16-7-6-14-12(3)17(26-18(14)19(16)25-5-2)20(23)22-9-8-13-10-21-11-15(13)22/h6-7,13,15,21H,4-5,8-11H2,1-3H3. The molecule has 0 bridgehead atoms. The Labute approximate surface area is 153 Å². The van der Waals surface area contributed by atoms with Gasteiger partial charge in [0.05, 0.1) is 13.2 Å². The van der Waals surface area contributed by atoms with Crippen molar-refractivity contribution in [1.29, 1.82) is 0 Å². The zero-order valence-electron chi connectivity index (χ0n) is 15.6. The van der Waals surface area contributed by atoms with Crippen LogP contribution in [0.1, 0.15) is 36.4 Å². The molecule has 140 valence electrons. The Morgan fingerprint density at radius 3 is 2.85 bits per heavy atom. The molecule has 3 heterocycles. The zero-order valence-corrected chi connectivity index (χ0v) is 15.6. The number of carbonyl (C=O) groups is 1. The number of hydrogen-bond donors (Lipinski definition) is 1. The summed E-state index contributed by atoms with van der Waals surface area (Å²) in [6.07, 6.45) is 1.06. The molecule has 2 fully saturated rings. The summed E-state index contributed by atoms with van der Waals surface area (Å²) >= 11 is 0. The van der Waals surface area contributed by atoms with Gasteiger partial charge < -0.3 is 24.1 Å². The van der Waals surface area contributed by atoms with Crippen molar-refractivity contribution in [2.75, 3.05) is 32.8 Å². The second kappa shape index (κ2) is 6.83. The highest BCUT2D eigenvalue weighted by Gasteiger charge is 2.41. The number of rotatable bonds is 5. The highest BCUT2D eigenvalue weighted by molar-refractivity contribution is 6.01. The fraction of sp³-hybridized carbons (Fsp3) is 0.550. The third-order valence-corrected chi connectivity index (χ3v) is 5.51. The van der Waals surface area contributed by atoms with Gasteiger partial charge in [-0.15, -0.1) is 0 Å². The summed E-state index contributed by atoms with van der Waals surface area (Å²) in [5.41, 5.74) is 1.46. The van der Waals surface area contributed by atoms with Crippen molar-refractivity contribution in [3.8, 4) is 11.5 Å². The molecule has 2 aromatic rings. The molecule has 26 heavy (non-hydrogen) atoms. The largest absolute Gasteiger partial charge is 0.490 e. The Bertz CT molecular complexity index is 829. The van der Waals surface area contributed by atoms with E-state index in [0.29, 0.717) is 42.0 Å². The molecule has 0 saturated carbocycles. The predicted molar refractivity (Wildman–Crippen MR) is 99.1 cm³/mol. The Balaban J connectivity index is 1.75. The molecule has 6 nitrogen and oxygen atoms in total. The first-order valence-corrected chi connectivity index (χ1v) is 9.49. The molecule has 2 aliphatic heterocycles. The molecule has 1 aromatic heterocycles. The van der Waals surface area contributed by atoms with Gasteiger partial charge in [0.2, 0.25) is 5.75 Å². The lowest BCUT2D eigenvalue weighted by Crippen LogP contribution is -2.39. The van der Waals surface area contributed by atoms with E-state index in [-0.39, 0.29) is 11.9 Å². The molecule has 0 aliphatic carbocycles. The summed E-state index contributed by atoms with van der Waals surface area (Å²) in [5.74, 6) is 2.19. The number of aryl methyl sites for hydroxylation is 1. The molecular formula is C20H26N2O4. The molecule has 0 radical (unpaired) electrons. The Morgan fingerprint density at radius 2 is 2.08 bits per heavy atom. The van der Waals surface area contributed by atoms with Gasteiger partial charge in [0.15, 0.2) is 17.1 Å². The van der Waals surface area contributed by atoms with Crippen molar-refractivity contribution in [2.45, 2.75) is 33.2 Å². The molecule has 6 heteroatoms. The van der Waals surface area contributed by atoms with Crippen LogP contribution in [0, 0.1) is 12.8 Å². The van der Waals surface area contributed by atoms with Gasteiger partial charge in [-0.25, -0.2) is 0 Å². The van der Waals surface area contributed by atoms with Crippen LogP contribution in [0.25, 0.3) is 11.0 Å². The number of nitrogens with one attached hydrogen (secondary N) is 1. The molecule has 2 aliphatic rings. The minimum absolute atomic E-state index is 0.0182. The fourth-order valence-electron chi connectivity index (χ4n) is 4.23. The molecular weight excluding hydrogens is 332 g/mol. The second-order valence-electron chi connectivity index (χ2n) is 6.96. The minimum atomic E-state index is -0.0182. The number of carbonyl (C=O) groups excluding carboxylic acids is 1. The van der Waals surface area contributed by atoms with Crippen LogP contribution in [0.3, 0.4) is 0 Å². The van der Waals surface area contributed by atoms with E-state index in [2.05, 4.69) is 5.32 Å². The van der Waals surface area contributed by atoms with Crippen LogP contribution in [0.15, 0.2) is 16.5 Å². The second-order valence-corrected chi connectivity index (χ2v) is 6.96. The lowest BCUT2D eigenvalue weighted by Gasteiger charge is -2.22. The smallest absolute Gasteiger partial charge is 0.290 e. The van der Waals surface area contributed by atoms with Crippen molar-refractivity contribution in [3.63, 3.8) is 0 Å². The first-order chi connectivity index (χ1) is 12.7. The summed E-state index contributed by atoms with van der Waals surface area (Å²) in [6.45, 7) is 9.51. The van der Waals surface area contributed by atoms with Crippen LogP contribution in [0.5, 0.6) is 11.5 Å². The predicted octanol–water partition coefficient (Wildman–Crippen LogP) is 2.97. The average Bonchev–Trinajstić information content (AvgIpc) is 3.31. The number of likely N-dealkylation sites (tertiary alicyclic amines) is 1. The van der Waals surface area contributed by atoms with Gasteiger partial charge >= 0.3 is 0 Å². The van der Waals surface area contributed by atoms with Gasteiger partial charge in [0.25, 0.3) is 5.91 Å². The number of furan rings is 1. The maximum Gasteiger partial charge on any atom is 0.290 e. The normalized spacial score (nSPS) is 22.0. The fourth-order valence-corrected chi connectivity index (χ4v) is 4.23. The Morgan fingerprint density at radius 1 is 1.27 bits per heavy atom. The van der Waals surface area contributed by atoms with Gasteiger partial charge in [0.1, 0.15) is 0 Å². The number of ether oxygens (including phenoxy) is 2. The molecule has 0 spiro atoms. The van der Waals surface area contributed by atoms with Crippen molar-refractivity contribution >= 4 is 16.9 Å². The summed E-state index contributed by atoms with van der Waals surface area (Å²) in [4.78, 5) is 15.2. The number of amides is 1. The van der Waals surface area contributed by atoms with E-state index in [1.807, 2.05) is 37.8 Å². The molecule has 1 amide bonds. The SMILES string of the molecule is CCOc1ccc2c(C)c(C(=O)N3CCC4CNCC43)oc2c1OCC. The minimum Gasteiger partial charge on any atom is -0.490 e. The van der Waals surface area contributed by atoms with E-state index in [9.17, 15) is 4.79 Å². The van der Waals surface area contributed by atoms with Crippen LogP contribution < -0.4 is 14.8 Å². The average molecular weight is 358 g/mol. The van der Waals surface area contributed by atoms with Crippen molar-refractivity contribution in [3.05, 3.63) is 23.5 Å². The lowest BCUT2D eigenvalue weighted by atomic mass is 10.0. The molecule has 1 N–H and O–H groups in total. The van der Waals surface area contributed by atoms with Gasteiger partial charge in [-0.1, -0.05) is 0 Å². The topological polar surface area (TPSA) is 63.9 Å². The maximum atomic E-state index is 13.2. The number of fused-ring (bicyclic) bond motifs is 2. The monoisotopic (exact) mass is 358 g/mol. The van der Waals surface area contributed by atoms with E-state index in [0.717, 1.165) is 37.0 Å². The van der Waals surface area contributed by atoms with Crippen molar-refractivity contribution in [2.24, 2.45) is 5.92 Å². The van der Waals surface area contributed by atoms with Crippen molar-refractivity contribution < 1.29 is 18.7 Å². The molecule has 4 rings (SSSR count). The van der Waals surface area contributed by atoms with E-state index in [1.165, 1.54) is 0 Å². The first-order valence-electron chi connectivity index (χ1n) is 9.49. The molecule has 2 atom stereocenters. The van der Waals surface area contributed by atoms with E-state index < -0.39 is 0 Å². The van der Waals surface area contributed by atoms with Gasteiger partial charge in [0, 0.05) is 36.6 Å². The Kier molecular flexibility index (Phi) is 4.53. The lowest BCUT2D eigenvalue weighted by molar-refractivity contribution is 0.0706. The molecule has 1 aromatic carbocycles. The van der Waals surface area contributed by atoms with Gasteiger partial charge in [-0.05, 0) is 45.2 Å². The molecule has 2 saturated heterocycles. The van der Waals surface area contributed by atoms with Crippen LogP contribution in [0.4, 0.5) is 0 Å². The van der Waals surface area contributed by atoms with Crippen LogP contribution in [0.2, 0.25) is 0 Å². The Hall–Kier alpha value is -2.21. The summed E-state index contributed by atoms with van der Waals surface area (Å²) < 4.78 is 17.5. The maximum absolute atomic E-state index is 13.2. The third-order valence-electron chi connectivity index (χ3n) is 5.51. The van der Waals surface area contributed by atoms with Gasteiger partial charge in [-0.2, -0.15) is 0 Å².